The van der Waals surface area contributed by atoms with Crippen molar-refractivity contribution in [3.8, 4) is 0 Å². The SMILES string of the molecule is CON(C)C(=O)CC1CCC2[C@@H]3CCC4C[C@@H](C)CCC4C3CC[C@]12C. The van der Waals surface area contributed by atoms with Crippen molar-refractivity contribution in [2.45, 2.75) is 78.1 Å². The molecule has 0 saturated heterocycles. The van der Waals surface area contributed by atoms with E-state index >= 15 is 0 Å². The van der Waals surface area contributed by atoms with E-state index in [4.69, 9.17) is 4.84 Å². The average Bonchev–Trinajstić information content (AvgIpc) is 2.97. The van der Waals surface area contributed by atoms with Gasteiger partial charge in [-0.15, -0.1) is 0 Å². The summed E-state index contributed by atoms with van der Waals surface area (Å²) >= 11 is 0. The molecule has 0 radical (unpaired) electrons. The molecule has 4 aliphatic rings. The van der Waals surface area contributed by atoms with Crippen LogP contribution >= 0.6 is 0 Å². The van der Waals surface area contributed by atoms with Gasteiger partial charge in [-0.05, 0) is 98.2 Å². The second-order valence-electron chi connectivity index (χ2n) is 10.5. The quantitative estimate of drug-likeness (QED) is 0.638. The van der Waals surface area contributed by atoms with Crippen molar-refractivity contribution in [1.29, 1.82) is 0 Å². The van der Waals surface area contributed by atoms with Gasteiger partial charge in [-0.1, -0.05) is 20.3 Å². The highest BCUT2D eigenvalue weighted by Crippen LogP contribution is 2.64. The molecule has 4 aliphatic carbocycles. The molecule has 26 heavy (non-hydrogen) atoms. The average molecular weight is 362 g/mol. The van der Waals surface area contributed by atoms with Crippen LogP contribution in [0, 0.1) is 46.8 Å². The van der Waals surface area contributed by atoms with Crippen LogP contribution in [-0.2, 0) is 9.63 Å². The maximum Gasteiger partial charge on any atom is 0.246 e. The van der Waals surface area contributed by atoms with Crippen LogP contribution in [0.1, 0.15) is 78.1 Å². The first-order valence-corrected chi connectivity index (χ1v) is 11.2. The van der Waals surface area contributed by atoms with E-state index in [1.807, 2.05) is 0 Å². The van der Waals surface area contributed by atoms with E-state index in [1.165, 1.54) is 62.9 Å². The van der Waals surface area contributed by atoms with Gasteiger partial charge in [0.05, 0.1) is 7.11 Å². The molecule has 0 bridgehead atoms. The van der Waals surface area contributed by atoms with Crippen molar-refractivity contribution in [2.75, 3.05) is 14.2 Å². The molecule has 0 aromatic carbocycles. The van der Waals surface area contributed by atoms with Gasteiger partial charge in [0.2, 0.25) is 5.91 Å². The standard InChI is InChI=1S/C23H39NO2/c1-15-5-8-18-16(13-15)6-9-20-19(18)11-12-23(2)17(7-10-21(20)23)14-22(25)24(3)26-4/h15-21H,5-14H2,1-4H3/t15-,16?,17?,18?,19?,20+,21?,23+/m0/s1. The summed E-state index contributed by atoms with van der Waals surface area (Å²) in [5.74, 6) is 6.54. The zero-order valence-electron chi connectivity index (χ0n) is 17.4. The third-order valence-electron chi connectivity index (χ3n) is 9.46. The van der Waals surface area contributed by atoms with E-state index in [0.717, 1.165) is 35.5 Å². The smallest absolute Gasteiger partial charge is 0.246 e. The van der Waals surface area contributed by atoms with Crippen LogP contribution in [0.25, 0.3) is 0 Å². The molecule has 3 heteroatoms. The highest BCUT2D eigenvalue weighted by molar-refractivity contribution is 5.75. The Morgan fingerprint density at radius 2 is 1.81 bits per heavy atom. The number of nitrogens with zero attached hydrogens (tertiary/aromatic N) is 1. The highest BCUT2D eigenvalue weighted by Gasteiger charge is 2.57. The molecule has 1 amide bonds. The molecule has 148 valence electrons. The van der Waals surface area contributed by atoms with Crippen LogP contribution in [0.5, 0.6) is 0 Å². The summed E-state index contributed by atoms with van der Waals surface area (Å²) in [6.07, 6.45) is 13.5. The van der Waals surface area contributed by atoms with Crippen LogP contribution < -0.4 is 0 Å². The molecule has 5 unspecified atom stereocenters. The molecule has 0 aliphatic heterocycles. The minimum Gasteiger partial charge on any atom is -0.275 e. The summed E-state index contributed by atoms with van der Waals surface area (Å²) in [6.45, 7) is 5.00. The first-order valence-electron chi connectivity index (χ1n) is 11.2. The Hall–Kier alpha value is -0.570. The fourth-order valence-corrected chi connectivity index (χ4v) is 7.97. The lowest BCUT2D eigenvalue weighted by molar-refractivity contribution is -0.171. The van der Waals surface area contributed by atoms with Crippen molar-refractivity contribution < 1.29 is 9.63 Å². The minimum absolute atomic E-state index is 0.159. The Labute approximate surface area is 160 Å². The van der Waals surface area contributed by atoms with Crippen LogP contribution in [0.4, 0.5) is 0 Å². The second-order valence-corrected chi connectivity index (χ2v) is 10.5. The third-order valence-corrected chi connectivity index (χ3v) is 9.46. The van der Waals surface area contributed by atoms with Gasteiger partial charge in [-0.25, -0.2) is 5.06 Å². The molecule has 4 fully saturated rings. The third kappa shape index (κ3) is 3.02. The molecule has 0 spiro atoms. The number of fused-ring (bicyclic) bond motifs is 5. The molecule has 4 rings (SSSR count). The van der Waals surface area contributed by atoms with Crippen LogP contribution in [-0.4, -0.2) is 25.1 Å². The first kappa shape index (κ1) is 18.8. The summed E-state index contributed by atoms with van der Waals surface area (Å²) in [6, 6.07) is 0. The summed E-state index contributed by atoms with van der Waals surface area (Å²) < 4.78 is 0. The van der Waals surface area contributed by atoms with Gasteiger partial charge in [0.1, 0.15) is 0 Å². The second kappa shape index (κ2) is 7.11. The Bertz CT molecular complexity index is 534. The van der Waals surface area contributed by atoms with E-state index in [1.54, 1.807) is 14.2 Å². The predicted molar refractivity (Wildman–Crippen MR) is 104 cm³/mol. The van der Waals surface area contributed by atoms with Gasteiger partial charge in [0.15, 0.2) is 0 Å². The van der Waals surface area contributed by atoms with Crippen LogP contribution in [0.15, 0.2) is 0 Å². The van der Waals surface area contributed by atoms with Gasteiger partial charge in [0, 0.05) is 13.5 Å². The number of rotatable bonds is 3. The number of carbonyl (C=O) groups excluding carboxylic acids is 1. The van der Waals surface area contributed by atoms with Gasteiger partial charge >= 0.3 is 0 Å². The normalized spacial score (nSPS) is 47.6. The van der Waals surface area contributed by atoms with E-state index in [0.29, 0.717) is 17.8 Å². The molecule has 0 heterocycles. The highest BCUT2D eigenvalue weighted by atomic mass is 16.7. The number of carbonyl (C=O) groups is 1. The summed E-state index contributed by atoms with van der Waals surface area (Å²) in [7, 11) is 3.34. The van der Waals surface area contributed by atoms with E-state index in [-0.39, 0.29) is 5.91 Å². The van der Waals surface area contributed by atoms with E-state index in [2.05, 4.69) is 13.8 Å². The van der Waals surface area contributed by atoms with Gasteiger partial charge in [-0.2, -0.15) is 0 Å². The molecule has 0 N–H and O–H groups in total. The molecular weight excluding hydrogens is 322 g/mol. The topological polar surface area (TPSA) is 29.5 Å². The van der Waals surface area contributed by atoms with Crippen LogP contribution in [0.3, 0.4) is 0 Å². The summed E-state index contributed by atoms with van der Waals surface area (Å²) in [4.78, 5) is 17.6. The van der Waals surface area contributed by atoms with Crippen molar-refractivity contribution in [3.63, 3.8) is 0 Å². The Kier molecular flexibility index (Phi) is 5.14. The lowest BCUT2D eigenvalue weighted by Gasteiger charge is -2.56. The molecule has 0 aromatic rings. The number of amides is 1. The minimum atomic E-state index is 0.159. The number of hydrogen-bond acceptors (Lipinski definition) is 2. The van der Waals surface area contributed by atoms with Gasteiger partial charge in [-0.3, -0.25) is 9.63 Å². The zero-order valence-corrected chi connectivity index (χ0v) is 17.4. The monoisotopic (exact) mass is 361 g/mol. The van der Waals surface area contributed by atoms with E-state index in [9.17, 15) is 4.79 Å². The first-order chi connectivity index (χ1) is 12.4. The summed E-state index contributed by atoms with van der Waals surface area (Å²) in [5, 5.41) is 1.43. The largest absolute Gasteiger partial charge is 0.275 e. The van der Waals surface area contributed by atoms with E-state index < -0.39 is 0 Å². The fraction of sp³-hybridized carbons (Fsp3) is 0.957. The van der Waals surface area contributed by atoms with Gasteiger partial charge < -0.3 is 0 Å². The molecule has 8 atom stereocenters. The number of hydroxylamine groups is 2. The lowest BCUT2D eigenvalue weighted by atomic mass is 9.49. The predicted octanol–water partition coefficient (Wildman–Crippen LogP) is 5.30. The lowest BCUT2D eigenvalue weighted by Crippen LogP contribution is -2.48. The van der Waals surface area contributed by atoms with Crippen molar-refractivity contribution in [2.24, 2.45) is 46.8 Å². The van der Waals surface area contributed by atoms with Crippen molar-refractivity contribution in [1.82, 2.24) is 5.06 Å². The Balaban J connectivity index is 1.47. The number of hydrogen-bond donors (Lipinski definition) is 0. The van der Waals surface area contributed by atoms with Crippen molar-refractivity contribution in [3.05, 3.63) is 0 Å². The zero-order chi connectivity index (χ0) is 18.5. The molecule has 4 saturated carbocycles. The Morgan fingerprint density at radius 3 is 2.58 bits per heavy atom. The maximum atomic E-state index is 12.4. The van der Waals surface area contributed by atoms with Crippen LogP contribution in [0.2, 0.25) is 0 Å². The van der Waals surface area contributed by atoms with Gasteiger partial charge in [0.25, 0.3) is 0 Å². The fourth-order valence-electron chi connectivity index (χ4n) is 7.97. The molecule has 3 nitrogen and oxygen atoms in total. The Morgan fingerprint density at radius 1 is 1.04 bits per heavy atom. The molecular formula is C23H39NO2. The summed E-state index contributed by atoms with van der Waals surface area (Å²) in [5.41, 5.74) is 0.389. The van der Waals surface area contributed by atoms with Crippen molar-refractivity contribution >= 4 is 5.91 Å². The molecule has 0 aromatic heterocycles. The maximum absolute atomic E-state index is 12.4.